The molecule has 2 heteroatoms. The molecule has 146 valence electrons. The van der Waals surface area contributed by atoms with E-state index in [9.17, 15) is 5.11 Å². The fourth-order valence-electron chi connectivity index (χ4n) is 4.15. The van der Waals surface area contributed by atoms with Crippen molar-refractivity contribution in [1.82, 2.24) is 5.32 Å². The molecule has 4 aromatic carbocycles. The van der Waals surface area contributed by atoms with E-state index in [-0.39, 0.29) is 6.04 Å². The molecule has 0 fully saturated rings. The number of aromatic hydroxyl groups is 1. The average Bonchev–Trinajstić information content (AvgIpc) is 2.72. The van der Waals surface area contributed by atoms with Crippen molar-refractivity contribution < 1.29 is 5.11 Å². The summed E-state index contributed by atoms with van der Waals surface area (Å²) in [5, 5.41) is 16.9. The fourth-order valence-corrected chi connectivity index (χ4v) is 4.15. The van der Waals surface area contributed by atoms with Crippen LogP contribution >= 0.6 is 0 Å². The molecular weight excluding hydrogens is 354 g/mol. The molecule has 29 heavy (non-hydrogen) atoms. The van der Waals surface area contributed by atoms with Crippen molar-refractivity contribution in [3.8, 4) is 16.9 Å². The highest BCUT2D eigenvalue weighted by Gasteiger charge is 2.17. The maximum absolute atomic E-state index is 10.8. The molecule has 2 N–H and O–H groups in total. The molecule has 0 saturated heterocycles. The number of hydrogen-bond acceptors (Lipinski definition) is 2. The molecule has 2 nitrogen and oxygen atoms in total. The van der Waals surface area contributed by atoms with E-state index in [0.717, 1.165) is 28.8 Å². The summed E-state index contributed by atoms with van der Waals surface area (Å²) in [5.41, 5.74) is 6.66. The third kappa shape index (κ3) is 3.90. The molecule has 4 rings (SSSR count). The molecule has 0 bridgehead atoms. The van der Waals surface area contributed by atoms with Crippen molar-refractivity contribution in [1.29, 1.82) is 0 Å². The Morgan fingerprint density at radius 2 is 1.55 bits per heavy atom. The monoisotopic (exact) mass is 381 g/mol. The van der Waals surface area contributed by atoms with Crippen LogP contribution in [0.15, 0.2) is 78.9 Å². The predicted octanol–water partition coefficient (Wildman–Crippen LogP) is 6.68. The van der Waals surface area contributed by atoms with Crippen LogP contribution in [0.3, 0.4) is 0 Å². The number of nitrogens with one attached hydrogen (secondary N) is 1. The zero-order chi connectivity index (χ0) is 20.4. The molecule has 4 aromatic rings. The van der Waals surface area contributed by atoms with Gasteiger partial charge in [0.15, 0.2) is 0 Å². The molecule has 0 radical (unpaired) electrons. The molecule has 0 amide bonds. The Bertz CT molecular complexity index is 1120. The third-order valence-electron chi connectivity index (χ3n) is 5.62. The second-order valence-electron chi connectivity index (χ2n) is 7.81. The van der Waals surface area contributed by atoms with E-state index in [1.807, 2.05) is 19.1 Å². The third-order valence-corrected chi connectivity index (χ3v) is 5.62. The van der Waals surface area contributed by atoms with Gasteiger partial charge in [0.1, 0.15) is 5.75 Å². The molecular formula is C27H27NO. The molecule has 0 aromatic heterocycles. The molecule has 0 saturated carbocycles. The summed E-state index contributed by atoms with van der Waals surface area (Å²) in [6, 6.07) is 27.5. The minimum Gasteiger partial charge on any atom is -0.507 e. The molecule has 0 aliphatic carbocycles. The maximum Gasteiger partial charge on any atom is 0.123 e. The summed E-state index contributed by atoms with van der Waals surface area (Å²) >= 11 is 0. The lowest BCUT2D eigenvalue weighted by Gasteiger charge is -2.20. The molecule has 0 heterocycles. The Labute approximate surface area is 172 Å². The molecule has 0 unspecified atom stereocenters. The highest BCUT2D eigenvalue weighted by molar-refractivity contribution is 6.00. The van der Waals surface area contributed by atoms with E-state index >= 15 is 0 Å². The van der Waals surface area contributed by atoms with Gasteiger partial charge in [0.25, 0.3) is 0 Å². The summed E-state index contributed by atoms with van der Waals surface area (Å²) < 4.78 is 0. The predicted molar refractivity (Wildman–Crippen MR) is 122 cm³/mol. The van der Waals surface area contributed by atoms with Crippen LogP contribution in [0.4, 0.5) is 0 Å². The number of benzene rings is 4. The molecule has 1 atom stereocenters. The average molecular weight is 382 g/mol. The van der Waals surface area contributed by atoms with Gasteiger partial charge in [-0.25, -0.2) is 0 Å². The highest BCUT2D eigenvalue weighted by Crippen LogP contribution is 2.40. The number of phenols is 1. The van der Waals surface area contributed by atoms with Gasteiger partial charge in [0.05, 0.1) is 0 Å². The van der Waals surface area contributed by atoms with E-state index in [2.05, 4.69) is 85.9 Å². The lowest BCUT2D eigenvalue weighted by atomic mass is 9.89. The first-order chi connectivity index (χ1) is 14.0. The Morgan fingerprint density at radius 1 is 0.828 bits per heavy atom. The quantitative estimate of drug-likeness (QED) is 0.404. The first kappa shape index (κ1) is 19.2. The smallest absolute Gasteiger partial charge is 0.123 e. The van der Waals surface area contributed by atoms with Crippen LogP contribution in [-0.2, 0) is 6.54 Å². The summed E-state index contributed by atoms with van der Waals surface area (Å²) in [6.45, 7) is 7.00. The van der Waals surface area contributed by atoms with Crippen molar-refractivity contribution in [3.63, 3.8) is 0 Å². The largest absolute Gasteiger partial charge is 0.507 e. The van der Waals surface area contributed by atoms with Crippen molar-refractivity contribution in [2.45, 2.75) is 33.4 Å². The van der Waals surface area contributed by atoms with Crippen LogP contribution in [0.5, 0.6) is 5.75 Å². The minimum absolute atomic E-state index is 0.239. The Balaban J connectivity index is 1.80. The van der Waals surface area contributed by atoms with E-state index < -0.39 is 0 Å². The van der Waals surface area contributed by atoms with Crippen molar-refractivity contribution in [2.75, 3.05) is 0 Å². The molecule has 0 aliphatic rings. The van der Waals surface area contributed by atoms with Gasteiger partial charge < -0.3 is 10.4 Å². The minimum atomic E-state index is 0.239. The van der Waals surface area contributed by atoms with Crippen LogP contribution in [0.25, 0.3) is 21.9 Å². The molecule has 0 aliphatic heterocycles. The second kappa shape index (κ2) is 8.10. The Kier molecular flexibility index (Phi) is 5.37. The van der Waals surface area contributed by atoms with Crippen molar-refractivity contribution >= 4 is 10.8 Å². The number of aryl methyl sites for hydroxylation is 2. The van der Waals surface area contributed by atoms with Gasteiger partial charge in [-0.1, -0.05) is 72.8 Å². The van der Waals surface area contributed by atoms with Gasteiger partial charge in [-0.15, -0.1) is 0 Å². The summed E-state index contributed by atoms with van der Waals surface area (Å²) in [7, 11) is 0. The normalized spacial score (nSPS) is 12.2. The SMILES string of the molecule is Cc1cc(C)c(-c2c(CN[C@H](C)c3ccccc3)ccc3ccccc23)c(O)c1. The number of hydrogen-bond donors (Lipinski definition) is 2. The van der Waals surface area contributed by atoms with Crippen molar-refractivity contribution in [3.05, 3.63) is 101 Å². The lowest BCUT2D eigenvalue weighted by molar-refractivity contribution is 0.476. The number of phenolic OH excluding ortho intramolecular Hbond substituents is 1. The van der Waals surface area contributed by atoms with E-state index in [4.69, 9.17) is 0 Å². The topological polar surface area (TPSA) is 32.3 Å². The zero-order valence-corrected chi connectivity index (χ0v) is 17.2. The summed E-state index contributed by atoms with van der Waals surface area (Å²) in [5.74, 6) is 0.344. The van der Waals surface area contributed by atoms with Gasteiger partial charge in [0.2, 0.25) is 0 Å². The van der Waals surface area contributed by atoms with E-state index in [0.29, 0.717) is 5.75 Å². The maximum atomic E-state index is 10.8. The molecule has 0 spiro atoms. The van der Waals surface area contributed by atoms with Crippen LogP contribution in [-0.4, -0.2) is 5.11 Å². The number of fused-ring (bicyclic) bond motifs is 1. The lowest BCUT2D eigenvalue weighted by Crippen LogP contribution is -2.18. The zero-order valence-electron chi connectivity index (χ0n) is 17.2. The fraction of sp³-hybridized carbons (Fsp3) is 0.185. The first-order valence-electron chi connectivity index (χ1n) is 10.1. The van der Waals surface area contributed by atoms with Gasteiger partial charge in [0, 0.05) is 18.2 Å². The second-order valence-corrected chi connectivity index (χ2v) is 7.81. The van der Waals surface area contributed by atoms with Crippen molar-refractivity contribution in [2.24, 2.45) is 0 Å². The van der Waals surface area contributed by atoms with Crippen LogP contribution in [0.1, 0.15) is 35.2 Å². The van der Waals surface area contributed by atoms with Crippen LogP contribution in [0.2, 0.25) is 0 Å². The first-order valence-corrected chi connectivity index (χ1v) is 10.1. The van der Waals surface area contributed by atoms with E-state index in [1.54, 1.807) is 0 Å². The van der Waals surface area contributed by atoms with Gasteiger partial charge >= 0.3 is 0 Å². The standard InChI is InChI=1S/C27H27NO/c1-18-15-19(2)26(25(29)16-18)27-23(14-13-22-11-7-8-12-24(22)27)17-28-20(3)21-9-5-4-6-10-21/h4-16,20,28-29H,17H2,1-3H3/t20-/m1/s1. The Hall–Kier alpha value is -3.10. The van der Waals surface area contributed by atoms with Gasteiger partial charge in [-0.2, -0.15) is 0 Å². The Morgan fingerprint density at radius 3 is 2.31 bits per heavy atom. The van der Waals surface area contributed by atoms with E-state index in [1.165, 1.54) is 21.9 Å². The van der Waals surface area contributed by atoms with Gasteiger partial charge in [-0.05, 0) is 65.4 Å². The summed E-state index contributed by atoms with van der Waals surface area (Å²) in [6.07, 6.45) is 0. The highest BCUT2D eigenvalue weighted by atomic mass is 16.3. The van der Waals surface area contributed by atoms with Gasteiger partial charge in [-0.3, -0.25) is 0 Å². The van der Waals surface area contributed by atoms with Crippen LogP contribution < -0.4 is 5.32 Å². The summed E-state index contributed by atoms with van der Waals surface area (Å²) in [4.78, 5) is 0. The number of rotatable bonds is 5. The van der Waals surface area contributed by atoms with Crippen LogP contribution in [0, 0.1) is 13.8 Å².